The summed E-state index contributed by atoms with van der Waals surface area (Å²) in [5.74, 6) is 0. The number of hydrogen-bond acceptors (Lipinski definition) is 2. The molecule has 0 amide bonds. The first-order valence-electron chi connectivity index (χ1n) is 10.4. The Labute approximate surface area is 184 Å². The van der Waals surface area contributed by atoms with Crippen LogP contribution in [0.5, 0.6) is 0 Å². The van der Waals surface area contributed by atoms with Crippen LogP contribution < -0.4 is 4.72 Å². The molecule has 1 aromatic heterocycles. The zero-order chi connectivity index (χ0) is 21.5. The van der Waals surface area contributed by atoms with Crippen molar-refractivity contribution in [2.24, 2.45) is 0 Å². The second-order valence-electron chi connectivity index (χ2n) is 8.25. The third-order valence-electron chi connectivity index (χ3n) is 6.02. The molecule has 2 N–H and O–H groups in total. The van der Waals surface area contributed by atoms with Crippen LogP contribution in [0.3, 0.4) is 0 Å². The lowest BCUT2D eigenvalue weighted by atomic mass is 10.0. The van der Waals surface area contributed by atoms with Gasteiger partial charge in [-0.25, -0.2) is 4.21 Å². The average Bonchev–Trinajstić information content (AvgIpc) is 3.07. The highest BCUT2D eigenvalue weighted by Crippen LogP contribution is 2.35. The Balaban J connectivity index is 1.61. The number of aryl methyl sites for hydroxylation is 1. The highest BCUT2D eigenvalue weighted by molar-refractivity contribution is 7.80. The van der Waals surface area contributed by atoms with E-state index in [9.17, 15) is 4.21 Å². The quantitative estimate of drug-likeness (QED) is 0.440. The van der Waals surface area contributed by atoms with E-state index in [1.165, 1.54) is 27.7 Å². The predicted octanol–water partition coefficient (Wildman–Crippen LogP) is 5.14. The molecule has 31 heavy (non-hydrogen) atoms. The van der Waals surface area contributed by atoms with Gasteiger partial charge in [-0.05, 0) is 67.1 Å². The van der Waals surface area contributed by atoms with Crippen LogP contribution in [0.15, 0.2) is 66.7 Å². The van der Waals surface area contributed by atoms with Gasteiger partial charge in [-0.1, -0.05) is 35.9 Å². The van der Waals surface area contributed by atoms with E-state index in [1.807, 2.05) is 24.3 Å². The number of nitrogens with zero attached hydrogens (tertiary/aromatic N) is 2. The van der Waals surface area contributed by atoms with Crippen molar-refractivity contribution in [3.63, 3.8) is 0 Å². The maximum absolute atomic E-state index is 11.0. The van der Waals surface area contributed by atoms with Gasteiger partial charge in [0.25, 0.3) is 11.3 Å². The molecule has 0 aliphatic carbocycles. The van der Waals surface area contributed by atoms with Crippen LogP contribution in [0.4, 0.5) is 5.69 Å². The highest BCUT2D eigenvalue weighted by Gasteiger charge is 2.23. The molecule has 0 fully saturated rings. The van der Waals surface area contributed by atoms with Crippen molar-refractivity contribution >= 4 is 27.9 Å². The Morgan fingerprint density at radius 2 is 1.81 bits per heavy atom. The van der Waals surface area contributed by atoms with Crippen molar-refractivity contribution in [1.29, 1.82) is 0 Å². The van der Waals surface area contributed by atoms with Crippen LogP contribution in [-0.2, 0) is 24.2 Å². The normalized spacial score (nSPS) is 15.1. The Morgan fingerprint density at radius 1 is 1.00 bits per heavy atom. The molecule has 4 aromatic rings. The van der Waals surface area contributed by atoms with Gasteiger partial charge in [-0.2, -0.15) is 0 Å². The fourth-order valence-corrected chi connectivity index (χ4v) is 4.90. The molecule has 6 heteroatoms. The summed E-state index contributed by atoms with van der Waals surface area (Å²) in [5, 5.41) is 1.35. The fraction of sp³-hybridized carbons (Fsp3) is 0.200. The number of aromatic nitrogens is 1. The molecule has 1 atom stereocenters. The molecule has 1 aliphatic rings. The van der Waals surface area contributed by atoms with Gasteiger partial charge in [0.05, 0.1) is 5.52 Å². The van der Waals surface area contributed by atoms with Gasteiger partial charge >= 0.3 is 0 Å². The number of fused-ring (bicyclic) bond motifs is 3. The molecular formula is C25H25N3O2S. The van der Waals surface area contributed by atoms with E-state index in [2.05, 4.69) is 70.6 Å². The summed E-state index contributed by atoms with van der Waals surface area (Å²) in [6.45, 7) is 4.19. The molecule has 158 valence electrons. The van der Waals surface area contributed by atoms with E-state index >= 15 is 0 Å². The van der Waals surface area contributed by atoms with E-state index in [-0.39, 0.29) is 0 Å². The monoisotopic (exact) mass is 431 g/mol. The number of rotatable bonds is 4. The summed E-state index contributed by atoms with van der Waals surface area (Å²) in [6.07, 6.45) is 1.03. The molecule has 0 bridgehead atoms. The van der Waals surface area contributed by atoms with Gasteiger partial charge < -0.3 is 9.47 Å². The van der Waals surface area contributed by atoms with E-state index in [0.29, 0.717) is 5.69 Å². The van der Waals surface area contributed by atoms with Gasteiger partial charge in [0.2, 0.25) is 0 Å². The molecule has 1 unspecified atom stereocenters. The minimum Gasteiger partial charge on any atom is -0.313 e. The highest BCUT2D eigenvalue weighted by atomic mass is 32.2. The van der Waals surface area contributed by atoms with Crippen LogP contribution in [0.25, 0.3) is 27.7 Å². The number of hydrogen-bond donors (Lipinski definition) is 2. The Kier molecular flexibility index (Phi) is 5.14. The molecule has 5 nitrogen and oxygen atoms in total. The minimum atomic E-state index is -2.07. The second-order valence-corrected chi connectivity index (χ2v) is 8.95. The van der Waals surface area contributed by atoms with E-state index < -0.39 is 11.3 Å². The first kappa shape index (κ1) is 20.0. The summed E-state index contributed by atoms with van der Waals surface area (Å²) >= 11 is -2.07. The standard InChI is InChI=1S/C25H25N3O2S/c1-17-6-11-24-22(14-17)23-16-27(2)13-12-25(23)28(24)21-5-3-4-19(15-21)18-7-9-20(10-8-18)26-31(29)30/h3-11,14-15,26H,12-13,16H2,1-2H3,(H,29,30). The summed E-state index contributed by atoms with van der Waals surface area (Å²) in [4.78, 5) is 2.39. The average molecular weight is 432 g/mol. The lowest BCUT2D eigenvalue weighted by molar-refractivity contribution is 0.311. The van der Waals surface area contributed by atoms with Crippen molar-refractivity contribution < 1.29 is 8.76 Å². The number of anilines is 1. The van der Waals surface area contributed by atoms with Crippen molar-refractivity contribution in [3.05, 3.63) is 83.6 Å². The Bertz CT molecular complexity index is 1290. The third kappa shape index (κ3) is 3.78. The SMILES string of the molecule is Cc1ccc2c(c1)c1c(n2-c2cccc(-c3ccc(NS(=O)O)cc3)c2)CCN(C)C1. The molecule has 2 heterocycles. The van der Waals surface area contributed by atoms with Gasteiger partial charge in [0.15, 0.2) is 0 Å². The molecule has 0 saturated heterocycles. The first-order valence-corrected chi connectivity index (χ1v) is 11.5. The van der Waals surface area contributed by atoms with Gasteiger partial charge in [0, 0.05) is 42.0 Å². The van der Waals surface area contributed by atoms with Gasteiger partial charge in [0.1, 0.15) is 0 Å². The van der Waals surface area contributed by atoms with Gasteiger partial charge in [-0.15, -0.1) is 0 Å². The number of benzene rings is 3. The zero-order valence-corrected chi connectivity index (χ0v) is 18.4. The first-order chi connectivity index (χ1) is 15.0. The van der Waals surface area contributed by atoms with Crippen LogP contribution >= 0.6 is 0 Å². The smallest absolute Gasteiger partial charge is 0.259 e. The maximum atomic E-state index is 11.0. The van der Waals surface area contributed by atoms with E-state index in [0.717, 1.165) is 36.3 Å². The molecule has 0 saturated carbocycles. The lowest BCUT2D eigenvalue weighted by Gasteiger charge is -2.24. The van der Waals surface area contributed by atoms with Crippen LogP contribution in [0, 0.1) is 6.92 Å². The topological polar surface area (TPSA) is 57.5 Å². The molecular weight excluding hydrogens is 406 g/mol. The number of nitrogens with one attached hydrogen (secondary N) is 1. The van der Waals surface area contributed by atoms with E-state index in [1.54, 1.807) is 0 Å². The third-order valence-corrected chi connectivity index (χ3v) is 6.43. The van der Waals surface area contributed by atoms with Crippen molar-refractivity contribution in [2.45, 2.75) is 19.9 Å². The Hall–Kier alpha value is -2.93. The van der Waals surface area contributed by atoms with Crippen LogP contribution in [-0.4, -0.2) is 31.8 Å². The molecule has 0 spiro atoms. The van der Waals surface area contributed by atoms with E-state index in [4.69, 9.17) is 4.55 Å². The molecule has 1 aliphatic heterocycles. The minimum absolute atomic E-state index is 0.616. The Morgan fingerprint density at radius 3 is 2.58 bits per heavy atom. The second kappa shape index (κ2) is 7.96. The lowest BCUT2D eigenvalue weighted by Crippen LogP contribution is -2.27. The summed E-state index contributed by atoms with van der Waals surface area (Å²) in [6, 6.07) is 22.9. The molecule has 5 rings (SSSR count). The van der Waals surface area contributed by atoms with Crippen molar-refractivity contribution in [2.75, 3.05) is 18.3 Å². The fourth-order valence-electron chi connectivity index (χ4n) is 4.56. The summed E-state index contributed by atoms with van der Waals surface area (Å²) in [5.41, 5.74) is 9.34. The van der Waals surface area contributed by atoms with Crippen LogP contribution in [0.2, 0.25) is 0 Å². The van der Waals surface area contributed by atoms with Crippen molar-refractivity contribution in [3.8, 4) is 16.8 Å². The summed E-state index contributed by atoms with van der Waals surface area (Å²) < 4.78 is 24.9. The molecule has 0 radical (unpaired) electrons. The zero-order valence-electron chi connectivity index (χ0n) is 17.6. The largest absolute Gasteiger partial charge is 0.313 e. The number of likely N-dealkylation sites (N-methyl/N-ethyl adjacent to an activating group) is 1. The summed E-state index contributed by atoms with van der Waals surface area (Å²) in [7, 11) is 2.19. The maximum Gasteiger partial charge on any atom is 0.259 e. The van der Waals surface area contributed by atoms with Crippen LogP contribution in [0.1, 0.15) is 16.8 Å². The predicted molar refractivity (Wildman–Crippen MR) is 128 cm³/mol. The van der Waals surface area contributed by atoms with Crippen molar-refractivity contribution in [1.82, 2.24) is 9.47 Å². The molecule has 3 aromatic carbocycles. The van der Waals surface area contributed by atoms with Gasteiger partial charge in [-0.3, -0.25) is 9.27 Å².